The molecule has 3 nitrogen and oxygen atoms in total. The molecule has 1 atom stereocenters. The third-order valence-corrected chi connectivity index (χ3v) is 2.69. The Labute approximate surface area is 116 Å². The number of hydrazine groups is 1. The van der Waals surface area contributed by atoms with E-state index in [2.05, 4.69) is 50.2 Å². The molecule has 0 saturated heterocycles. The molecule has 0 aliphatic carbocycles. The Morgan fingerprint density at radius 1 is 1.26 bits per heavy atom. The van der Waals surface area contributed by atoms with E-state index in [9.17, 15) is 0 Å². The van der Waals surface area contributed by atoms with E-state index in [1.54, 1.807) is 7.11 Å². The van der Waals surface area contributed by atoms with Crippen molar-refractivity contribution in [1.82, 2.24) is 5.43 Å². The summed E-state index contributed by atoms with van der Waals surface area (Å²) in [7, 11) is 1.67. The van der Waals surface area contributed by atoms with Crippen molar-refractivity contribution in [2.24, 2.45) is 11.3 Å². The van der Waals surface area contributed by atoms with Crippen molar-refractivity contribution in [1.29, 1.82) is 0 Å². The lowest BCUT2D eigenvalue weighted by atomic mass is 9.97. The van der Waals surface area contributed by atoms with Gasteiger partial charge >= 0.3 is 0 Å². The van der Waals surface area contributed by atoms with Gasteiger partial charge in [-0.05, 0) is 44.9 Å². The van der Waals surface area contributed by atoms with Gasteiger partial charge in [0.2, 0.25) is 0 Å². The average molecular weight is 260 g/mol. The van der Waals surface area contributed by atoms with E-state index >= 15 is 0 Å². The Balaban J connectivity index is 2.58. The molecule has 0 aromatic heterocycles. The second-order valence-electron chi connectivity index (χ2n) is 5.67. The summed E-state index contributed by atoms with van der Waals surface area (Å²) >= 11 is 0. The Morgan fingerprint density at radius 2 is 1.89 bits per heavy atom. The van der Waals surface area contributed by atoms with Gasteiger partial charge in [-0.15, -0.1) is 5.92 Å². The predicted molar refractivity (Wildman–Crippen MR) is 79.7 cm³/mol. The number of ether oxygens (including phenoxy) is 1. The molecule has 0 heterocycles. The molecule has 1 unspecified atom stereocenters. The van der Waals surface area contributed by atoms with Crippen LogP contribution >= 0.6 is 0 Å². The Hall–Kier alpha value is -1.50. The van der Waals surface area contributed by atoms with E-state index < -0.39 is 0 Å². The van der Waals surface area contributed by atoms with Crippen LogP contribution in [0.15, 0.2) is 24.3 Å². The van der Waals surface area contributed by atoms with Gasteiger partial charge in [-0.2, -0.15) is 0 Å². The zero-order chi connectivity index (χ0) is 14.3. The lowest BCUT2D eigenvalue weighted by Crippen LogP contribution is -2.36. The standard InChI is InChI=1S/C16H24N2O/c1-16(2,3)11-5-6-14(18-17)12-13-7-9-15(19-4)10-8-13/h7-10,14,18H,6,12,17H2,1-4H3. The molecule has 0 saturated carbocycles. The van der Waals surface area contributed by atoms with E-state index in [0.29, 0.717) is 0 Å². The van der Waals surface area contributed by atoms with Crippen molar-refractivity contribution in [3.63, 3.8) is 0 Å². The molecule has 0 aliphatic heterocycles. The van der Waals surface area contributed by atoms with Crippen molar-refractivity contribution in [3.05, 3.63) is 29.8 Å². The zero-order valence-electron chi connectivity index (χ0n) is 12.3. The van der Waals surface area contributed by atoms with Crippen LogP contribution in [0, 0.1) is 17.3 Å². The van der Waals surface area contributed by atoms with Crippen LogP contribution in [-0.2, 0) is 6.42 Å². The number of benzene rings is 1. The summed E-state index contributed by atoms with van der Waals surface area (Å²) in [6, 6.07) is 8.21. The number of nitrogens with one attached hydrogen (secondary N) is 1. The first-order valence-electron chi connectivity index (χ1n) is 6.53. The Kier molecular flexibility index (Phi) is 5.88. The molecule has 0 bridgehead atoms. The fraction of sp³-hybridized carbons (Fsp3) is 0.500. The molecule has 0 radical (unpaired) electrons. The second-order valence-corrected chi connectivity index (χ2v) is 5.67. The van der Waals surface area contributed by atoms with Gasteiger partial charge in [0.05, 0.1) is 7.11 Å². The number of hydrogen-bond donors (Lipinski definition) is 2. The third kappa shape index (κ3) is 6.28. The van der Waals surface area contributed by atoms with E-state index in [1.165, 1.54) is 5.56 Å². The topological polar surface area (TPSA) is 47.3 Å². The first kappa shape index (κ1) is 15.6. The van der Waals surface area contributed by atoms with Crippen molar-refractivity contribution >= 4 is 0 Å². The highest BCUT2D eigenvalue weighted by molar-refractivity contribution is 5.27. The average Bonchev–Trinajstić information content (AvgIpc) is 2.37. The first-order chi connectivity index (χ1) is 8.94. The monoisotopic (exact) mass is 260 g/mol. The van der Waals surface area contributed by atoms with E-state index in [-0.39, 0.29) is 11.5 Å². The summed E-state index contributed by atoms with van der Waals surface area (Å²) in [5.41, 5.74) is 4.10. The van der Waals surface area contributed by atoms with Crippen molar-refractivity contribution in [2.45, 2.75) is 39.7 Å². The first-order valence-corrected chi connectivity index (χ1v) is 6.53. The van der Waals surface area contributed by atoms with Crippen LogP contribution in [0.2, 0.25) is 0 Å². The summed E-state index contributed by atoms with van der Waals surface area (Å²) in [5, 5.41) is 0. The summed E-state index contributed by atoms with van der Waals surface area (Å²) in [6.45, 7) is 6.32. The highest BCUT2D eigenvalue weighted by atomic mass is 16.5. The zero-order valence-corrected chi connectivity index (χ0v) is 12.3. The molecular weight excluding hydrogens is 236 g/mol. The fourth-order valence-corrected chi connectivity index (χ4v) is 1.68. The highest BCUT2D eigenvalue weighted by Gasteiger charge is 2.08. The molecule has 19 heavy (non-hydrogen) atoms. The summed E-state index contributed by atoms with van der Waals surface area (Å²) < 4.78 is 5.14. The van der Waals surface area contributed by atoms with E-state index in [4.69, 9.17) is 10.6 Å². The maximum Gasteiger partial charge on any atom is 0.118 e. The normalized spacial score (nSPS) is 12.5. The Bertz CT molecular complexity index is 435. The van der Waals surface area contributed by atoms with Gasteiger partial charge in [0.15, 0.2) is 0 Å². The van der Waals surface area contributed by atoms with Gasteiger partial charge in [-0.3, -0.25) is 11.3 Å². The maximum absolute atomic E-state index is 5.58. The number of hydrogen-bond acceptors (Lipinski definition) is 3. The smallest absolute Gasteiger partial charge is 0.118 e. The number of methoxy groups -OCH3 is 1. The molecule has 0 amide bonds. The van der Waals surface area contributed by atoms with Crippen LogP contribution in [0.3, 0.4) is 0 Å². The molecule has 3 N–H and O–H groups in total. The van der Waals surface area contributed by atoms with Crippen LogP contribution in [0.25, 0.3) is 0 Å². The molecule has 0 fully saturated rings. The minimum Gasteiger partial charge on any atom is -0.497 e. The van der Waals surface area contributed by atoms with Crippen LogP contribution in [0.1, 0.15) is 32.8 Å². The third-order valence-electron chi connectivity index (χ3n) is 2.69. The van der Waals surface area contributed by atoms with Gasteiger partial charge in [0, 0.05) is 17.9 Å². The molecule has 104 valence electrons. The summed E-state index contributed by atoms with van der Waals surface area (Å²) in [4.78, 5) is 0. The lowest BCUT2D eigenvalue weighted by molar-refractivity contribution is 0.414. The minimum atomic E-state index is 0.0409. The fourth-order valence-electron chi connectivity index (χ4n) is 1.68. The van der Waals surface area contributed by atoms with E-state index in [1.807, 2.05) is 12.1 Å². The lowest BCUT2D eigenvalue weighted by Gasteiger charge is -2.14. The molecule has 1 aromatic carbocycles. The van der Waals surface area contributed by atoms with Gasteiger partial charge in [-0.25, -0.2) is 0 Å². The molecule has 0 aliphatic rings. The summed E-state index contributed by atoms with van der Waals surface area (Å²) in [5.74, 6) is 12.9. The molecular formula is C16H24N2O. The molecule has 0 spiro atoms. The Morgan fingerprint density at radius 3 is 2.37 bits per heavy atom. The minimum absolute atomic E-state index is 0.0409. The summed E-state index contributed by atoms with van der Waals surface area (Å²) in [6.07, 6.45) is 1.61. The van der Waals surface area contributed by atoms with Gasteiger partial charge in [-0.1, -0.05) is 18.1 Å². The van der Waals surface area contributed by atoms with E-state index in [0.717, 1.165) is 18.6 Å². The quantitative estimate of drug-likeness (QED) is 0.486. The highest BCUT2D eigenvalue weighted by Crippen LogP contribution is 2.14. The number of rotatable bonds is 5. The van der Waals surface area contributed by atoms with Gasteiger partial charge in [0.25, 0.3) is 0 Å². The van der Waals surface area contributed by atoms with Crippen LogP contribution in [0.5, 0.6) is 5.75 Å². The van der Waals surface area contributed by atoms with Crippen molar-refractivity contribution in [2.75, 3.05) is 7.11 Å². The van der Waals surface area contributed by atoms with Crippen LogP contribution in [0.4, 0.5) is 0 Å². The van der Waals surface area contributed by atoms with Crippen molar-refractivity contribution in [3.8, 4) is 17.6 Å². The molecule has 3 heteroatoms. The van der Waals surface area contributed by atoms with Crippen LogP contribution in [-0.4, -0.2) is 13.2 Å². The van der Waals surface area contributed by atoms with Gasteiger partial charge < -0.3 is 4.74 Å². The van der Waals surface area contributed by atoms with Gasteiger partial charge in [0.1, 0.15) is 5.75 Å². The largest absolute Gasteiger partial charge is 0.497 e. The predicted octanol–water partition coefficient (Wildman–Crippen LogP) is 2.51. The van der Waals surface area contributed by atoms with Crippen molar-refractivity contribution < 1.29 is 4.74 Å². The molecule has 1 rings (SSSR count). The number of nitrogens with two attached hydrogens (primary N) is 1. The second kappa shape index (κ2) is 7.18. The van der Waals surface area contributed by atoms with Crippen LogP contribution < -0.4 is 16.0 Å². The molecule has 1 aromatic rings. The maximum atomic E-state index is 5.58. The SMILES string of the molecule is COc1ccc(CC(CC#CC(C)(C)C)NN)cc1.